The maximum absolute atomic E-state index is 11.8. The molecule has 0 bridgehead atoms. The lowest BCUT2D eigenvalue weighted by Gasteiger charge is -2.27. The molecule has 0 saturated heterocycles. The summed E-state index contributed by atoms with van der Waals surface area (Å²) in [6.07, 6.45) is -7.07. The number of hydrogen-bond acceptors (Lipinski definition) is 8. The molecule has 0 aromatic rings. The van der Waals surface area contributed by atoms with Gasteiger partial charge in [0.25, 0.3) is 0 Å². The van der Waals surface area contributed by atoms with Gasteiger partial charge in [0.05, 0.1) is 0 Å². The quantitative estimate of drug-likeness (QED) is 0.280. The molecule has 0 rings (SSSR count). The zero-order chi connectivity index (χ0) is 22.0. The standard InChI is InChI=1S/C18H30N2O8/c1-9(2)13(19-5)17(25)27-7-11(21)15(23)16(24)12(22)8-28-18(26)14(20-6)10(3)4/h11-12,15-16,21-24H,7-8H2,1-6H3/q-2/t11-,12-,15-,16-/m1/s1. The summed E-state index contributed by atoms with van der Waals surface area (Å²) in [6.45, 7) is 5.36. The van der Waals surface area contributed by atoms with Crippen LogP contribution in [0.1, 0.15) is 27.7 Å². The fourth-order valence-electron chi connectivity index (χ4n) is 2.15. The van der Waals surface area contributed by atoms with E-state index in [1.807, 2.05) is 0 Å². The Labute approximate surface area is 164 Å². The Morgan fingerprint density at radius 2 is 1.00 bits per heavy atom. The van der Waals surface area contributed by atoms with E-state index in [-0.39, 0.29) is 11.4 Å². The van der Waals surface area contributed by atoms with Crippen molar-refractivity contribution in [1.29, 1.82) is 0 Å². The summed E-state index contributed by atoms with van der Waals surface area (Å²) in [4.78, 5) is 23.6. The van der Waals surface area contributed by atoms with Gasteiger partial charge in [-0.1, -0.05) is 22.5 Å². The molecule has 4 atom stereocenters. The van der Waals surface area contributed by atoms with Crippen molar-refractivity contribution in [3.63, 3.8) is 0 Å². The van der Waals surface area contributed by atoms with Crippen molar-refractivity contribution in [2.75, 3.05) is 27.3 Å². The first-order valence-corrected chi connectivity index (χ1v) is 8.58. The summed E-state index contributed by atoms with van der Waals surface area (Å²) >= 11 is 0. The second-order valence-electron chi connectivity index (χ2n) is 6.46. The van der Waals surface area contributed by atoms with Gasteiger partial charge in [0.2, 0.25) is 0 Å². The second-order valence-corrected chi connectivity index (χ2v) is 6.46. The molecule has 0 amide bonds. The minimum Gasteiger partial charge on any atom is -0.681 e. The van der Waals surface area contributed by atoms with Crippen molar-refractivity contribution in [2.24, 2.45) is 0 Å². The lowest BCUT2D eigenvalue weighted by Crippen LogP contribution is -2.48. The average Bonchev–Trinajstić information content (AvgIpc) is 2.63. The van der Waals surface area contributed by atoms with Gasteiger partial charge < -0.3 is 40.5 Å². The second kappa shape index (κ2) is 12.3. The van der Waals surface area contributed by atoms with E-state index in [1.165, 1.54) is 14.1 Å². The average molecular weight is 402 g/mol. The number of nitrogens with zero attached hydrogens (tertiary/aromatic N) is 2. The van der Waals surface area contributed by atoms with Gasteiger partial charge in [-0.25, -0.2) is 9.59 Å². The number of likely N-dealkylation sites (N-methyl/N-ethyl adjacent to an activating group) is 2. The van der Waals surface area contributed by atoms with Crippen LogP contribution in [0, 0.1) is 0 Å². The summed E-state index contributed by atoms with van der Waals surface area (Å²) in [6, 6.07) is 0. The molecule has 0 unspecified atom stereocenters. The molecule has 0 aromatic carbocycles. The molecule has 28 heavy (non-hydrogen) atoms. The normalized spacial score (nSPS) is 14.8. The zero-order valence-corrected chi connectivity index (χ0v) is 17.0. The molecule has 162 valence electrons. The molecule has 0 spiro atoms. The third kappa shape index (κ3) is 7.85. The van der Waals surface area contributed by atoms with E-state index in [9.17, 15) is 30.0 Å². The molecular formula is C18H30N2O8-2. The smallest absolute Gasteiger partial charge is 0.315 e. The van der Waals surface area contributed by atoms with Crippen LogP contribution in [0.5, 0.6) is 0 Å². The van der Waals surface area contributed by atoms with Gasteiger partial charge in [0.1, 0.15) is 37.6 Å². The van der Waals surface area contributed by atoms with Gasteiger partial charge in [-0.2, -0.15) is 0 Å². The van der Waals surface area contributed by atoms with Crippen molar-refractivity contribution in [1.82, 2.24) is 0 Å². The van der Waals surface area contributed by atoms with Gasteiger partial charge in [0.15, 0.2) is 0 Å². The molecule has 0 aliphatic heterocycles. The lowest BCUT2D eigenvalue weighted by atomic mass is 10.0. The first-order valence-electron chi connectivity index (χ1n) is 8.58. The van der Waals surface area contributed by atoms with Gasteiger partial charge in [0, 0.05) is 0 Å². The maximum atomic E-state index is 11.8. The Kier molecular flexibility index (Phi) is 11.4. The number of aliphatic hydroxyl groups is 4. The maximum Gasteiger partial charge on any atom is 0.315 e. The van der Waals surface area contributed by atoms with Gasteiger partial charge >= 0.3 is 11.9 Å². The third-order valence-corrected chi connectivity index (χ3v) is 3.69. The van der Waals surface area contributed by atoms with Crippen LogP contribution in [-0.2, 0) is 19.1 Å². The number of aliphatic hydroxyl groups excluding tert-OH is 4. The van der Waals surface area contributed by atoms with E-state index in [4.69, 9.17) is 9.47 Å². The van der Waals surface area contributed by atoms with Gasteiger partial charge in [-0.05, 0) is 27.7 Å². The van der Waals surface area contributed by atoms with Crippen molar-refractivity contribution in [3.05, 3.63) is 33.2 Å². The Morgan fingerprint density at radius 1 is 0.714 bits per heavy atom. The number of ether oxygens (including phenoxy) is 2. The van der Waals surface area contributed by atoms with Crippen LogP contribution in [0.4, 0.5) is 0 Å². The highest BCUT2D eigenvalue weighted by molar-refractivity contribution is 5.92. The lowest BCUT2D eigenvalue weighted by molar-refractivity contribution is -0.158. The molecule has 0 heterocycles. The highest BCUT2D eigenvalue weighted by Crippen LogP contribution is 2.14. The summed E-state index contributed by atoms with van der Waals surface area (Å²) in [5, 5.41) is 47.1. The highest BCUT2D eigenvalue weighted by Gasteiger charge is 2.32. The first-order chi connectivity index (χ1) is 13.0. The van der Waals surface area contributed by atoms with E-state index in [2.05, 4.69) is 10.6 Å². The largest absolute Gasteiger partial charge is 0.681 e. The van der Waals surface area contributed by atoms with Crippen LogP contribution >= 0.6 is 0 Å². The Hall–Kier alpha value is -2.14. The number of allylic oxidation sites excluding steroid dienone is 2. The molecule has 0 radical (unpaired) electrons. The van der Waals surface area contributed by atoms with Crippen LogP contribution in [-0.4, -0.2) is 84.1 Å². The molecule has 0 aliphatic rings. The van der Waals surface area contributed by atoms with Crippen molar-refractivity contribution >= 4 is 11.9 Å². The Morgan fingerprint density at radius 3 is 1.21 bits per heavy atom. The molecule has 10 heteroatoms. The number of rotatable bonds is 11. The minimum absolute atomic E-state index is 0.0746. The summed E-state index contributed by atoms with van der Waals surface area (Å²) in [7, 11) is 2.81. The highest BCUT2D eigenvalue weighted by atomic mass is 16.6. The van der Waals surface area contributed by atoms with E-state index in [0.717, 1.165) is 0 Å². The predicted octanol–water partition coefficient (Wildman–Crippen LogP) is 0.111. The van der Waals surface area contributed by atoms with E-state index in [0.29, 0.717) is 11.1 Å². The summed E-state index contributed by atoms with van der Waals surface area (Å²) < 4.78 is 9.69. The Balaban J connectivity index is 4.69. The topological polar surface area (TPSA) is 162 Å². The monoisotopic (exact) mass is 402 g/mol. The van der Waals surface area contributed by atoms with Crippen LogP contribution in [0.25, 0.3) is 10.6 Å². The van der Waals surface area contributed by atoms with E-state index >= 15 is 0 Å². The Bertz CT molecular complexity index is 542. The van der Waals surface area contributed by atoms with Crippen LogP contribution < -0.4 is 0 Å². The van der Waals surface area contributed by atoms with Crippen LogP contribution in [0.2, 0.25) is 0 Å². The molecule has 10 nitrogen and oxygen atoms in total. The fourth-order valence-corrected chi connectivity index (χ4v) is 2.15. The van der Waals surface area contributed by atoms with E-state index in [1.54, 1.807) is 27.7 Å². The number of esters is 2. The van der Waals surface area contributed by atoms with Crippen molar-refractivity contribution < 1.29 is 39.5 Å². The minimum atomic E-state index is -1.85. The van der Waals surface area contributed by atoms with Gasteiger partial charge in [-0.3, -0.25) is 0 Å². The first kappa shape index (κ1) is 25.9. The van der Waals surface area contributed by atoms with Crippen LogP contribution in [0.3, 0.4) is 0 Å². The molecular weight excluding hydrogens is 372 g/mol. The fraction of sp³-hybridized carbons (Fsp3) is 0.667. The molecule has 0 fully saturated rings. The summed E-state index contributed by atoms with van der Waals surface area (Å²) in [5.74, 6) is -1.59. The van der Waals surface area contributed by atoms with Crippen molar-refractivity contribution in [3.8, 4) is 0 Å². The van der Waals surface area contributed by atoms with Crippen molar-refractivity contribution in [2.45, 2.75) is 52.1 Å². The molecule has 0 aromatic heterocycles. The number of carbonyl (C=O) groups excluding carboxylic acids is 2. The van der Waals surface area contributed by atoms with Crippen LogP contribution in [0.15, 0.2) is 22.5 Å². The molecule has 4 N–H and O–H groups in total. The number of carbonyl (C=O) groups is 2. The van der Waals surface area contributed by atoms with E-state index < -0.39 is 49.6 Å². The van der Waals surface area contributed by atoms with Gasteiger partial charge in [-0.15, -0.1) is 14.1 Å². The number of hydrogen-bond donors (Lipinski definition) is 4. The SMILES string of the molecule is C[N-]C(C(=O)OC[C@@H](O)[C@@H](O)[C@H](O)[C@H](O)COC(=O)C([N-]C)=C(C)C)=C(C)C. The zero-order valence-electron chi connectivity index (χ0n) is 17.0. The molecule has 0 aliphatic carbocycles. The molecule has 0 saturated carbocycles. The predicted molar refractivity (Wildman–Crippen MR) is 101 cm³/mol. The summed E-state index contributed by atoms with van der Waals surface area (Å²) in [5.41, 5.74) is 1.36. The third-order valence-electron chi connectivity index (χ3n) is 3.69.